The summed E-state index contributed by atoms with van der Waals surface area (Å²) in [5.74, 6) is -0.0733. The Morgan fingerprint density at radius 1 is 1.12 bits per heavy atom. The third-order valence-electron chi connectivity index (χ3n) is 3.60. The standard InChI is InChI=1S/C16H15ClN4O3S/c17-12-4-6-13(7-5-12)25(23,24)10-8-16(22)18-11-15-20-19-14-3-1-2-9-21(14)15/h1-7,9H,8,10-11H2,(H,18,22). The second kappa shape index (κ2) is 7.20. The van der Waals surface area contributed by atoms with E-state index in [1.165, 1.54) is 24.3 Å². The first-order chi connectivity index (χ1) is 12.0. The summed E-state index contributed by atoms with van der Waals surface area (Å²) in [5, 5.41) is 11.1. The number of hydrogen-bond acceptors (Lipinski definition) is 5. The second-order valence-electron chi connectivity index (χ2n) is 5.34. The Balaban J connectivity index is 1.57. The van der Waals surface area contributed by atoms with E-state index in [0.29, 0.717) is 16.5 Å². The van der Waals surface area contributed by atoms with Crippen molar-refractivity contribution in [2.24, 2.45) is 0 Å². The van der Waals surface area contributed by atoms with Crippen LogP contribution in [0, 0.1) is 0 Å². The largest absolute Gasteiger partial charge is 0.349 e. The molecule has 0 aliphatic heterocycles. The normalized spacial score (nSPS) is 11.6. The molecule has 2 aromatic heterocycles. The minimum Gasteiger partial charge on any atom is -0.349 e. The summed E-state index contributed by atoms with van der Waals surface area (Å²) in [6, 6.07) is 11.3. The van der Waals surface area contributed by atoms with Gasteiger partial charge in [-0.25, -0.2) is 8.42 Å². The lowest BCUT2D eigenvalue weighted by atomic mass is 10.4. The number of carbonyl (C=O) groups excluding carboxylic acids is 1. The molecule has 1 aromatic carbocycles. The van der Waals surface area contributed by atoms with Gasteiger partial charge in [-0.3, -0.25) is 9.20 Å². The van der Waals surface area contributed by atoms with Gasteiger partial charge in [0, 0.05) is 17.6 Å². The smallest absolute Gasteiger partial charge is 0.221 e. The number of rotatable bonds is 6. The maximum absolute atomic E-state index is 12.2. The van der Waals surface area contributed by atoms with Crippen molar-refractivity contribution in [2.45, 2.75) is 17.9 Å². The van der Waals surface area contributed by atoms with Crippen molar-refractivity contribution in [1.82, 2.24) is 19.9 Å². The molecule has 0 saturated carbocycles. The molecule has 1 N–H and O–H groups in total. The van der Waals surface area contributed by atoms with Crippen LogP contribution in [0.2, 0.25) is 5.02 Å². The monoisotopic (exact) mass is 378 g/mol. The molecule has 0 spiro atoms. The van der Waals surface area contributed by atoms with Crippen LogP contribution >= 0.6 is 11.6 Å². The van der Waals surface area contributed by atoms with Gasteiger partial charge in [-0.2, -0.15) is 0 Å². The molecule has 0 unspecified atom stereocenters. The van der Waals surface area contributed by atoms with Crippen LogP contribution in [0.15, 0.2) is 53.6 Å². The van der Waals surface area contributed by atoms with Gasteiger partial charge in [0.15, 0.2) is 21.3 Å². The Morgan fingerprint density at radius 2 is 1.88 bits per heavy atom. The van der Waals surface area contributed by atoms with Crippen molar-refractivity contribution in [3.05, 3.63) is 59.5 Å². The maximum atomic E-state index is 12.2. The average Bonchev–Trinajstić information content (AvgIpc) is 3.02. The van der Waals surface area contributed by atoms with Crippen LogP contribution in [-0.4, -0.2) is 34.7 Å². The van der Waals surface area contributed by atoms with E-state index in [9.17, 15) is 13.2 Å². The van der Waals surface area contributed by atoms with E-state index in [2.05, 4.69) is 15.5 Å². The van der Waals surface area contributed by atoms with Gasteiger partial charge in [0.2, 0.25) is 5.91 Å². The van der Waals surface area contributed by atoms with Gasteiger partial charge in [-0.1, -0.05) is 17.7 Å². The SMILES string of the molecule is O=C(CCS(=O)(=O)c1ccc(Cl)cc1)NCc1nnc2ccccn12. The fourth-order valence-electron chi connectivity index (χ4n) is 2.26. The number of amides is 1. The topological polar surface area (TPSA) is 93.4 Å². The molecule has 3 rings (SSSR count). The molecule has 0 aliphatic carbocycles. The number of benzene rings is 1. The molecule has 25 heavy (non-hydrogen) atoms. The first-order valence-electron chi connectivity index (χ1n) is 7.49. The molecule has 0 fully saturated rings. The zero-order valence-corrected chi connectivity index (χ0v) is 14.7. The minimum atomic E-state index is -3.53. The van der Waals surface area contributed by atoms with Crippen molar-refractivity contribution in [1.29, 1.82) is 0 Å². The molecule has 9 heteroatoms. The van der Waals surface area contributed by atoms with Gasteiger partial charge in [0.25, 0.3) is 0 Å². The highest BCUT2D eigenvalue weighted by atomic mass is 35.5. The Labute approximate surface area is 149 Å². The van der Waals surface area contributed by atoms with Crippen molar-refractivity contribution >= 4 is 33.0 Å². The molecule has 0 bridgehead atoms. The molecule has 0 radical (unpaired) electrons. The zero-order valence-electron chi connectivity index (χ0n) is 13.1. The van der Waals surface area contributed by atoms with Crippen LogP contribution in [0.1, 0.15) is 12.2 Å². The molecule has 0 aliphatic rings. The van der Waals surface area contributed by atoms with Crippen LogP contribution in [-0.2, 0) is 21.2 Å². The second-order valence-corrected chi connectivity index (χ2v) is 7.89. The van der Waals surface area contributed by atoms with Crippen LogP contribution in [0.3, 0.4) is 0 Å². The van der Waals surface area contributed by atoms with Gasteiger partial charge in [-0.15, -0.1) is 10.2 Å². The van der Waals surface area contributed by atoms with Crippen LogP contribution < -0.4 is 5.32 Å². The summed E-state index contributed by atoms with van der Waals surface area (Å²) < 4.78 is 26.2. The Bertz CT molecular complexity index is 1000. The zero-order chi connectivity index (χ0) is 17.9. The third-order valence-corrected chi connectivity index (χ3v) is 5.58. The van der Waals surface area contributed by atoms with Crippen molar-refractivity contribution in [3.63, 3.8) is 0 Å². The number of halogens is 1. The highest BCUT2D eigenvalue weighted by Crippen LogP contribution is 2.16. The average molecular weight is 379 g/mol. The molecule has 7 nitrogen and oxygen atoms in total. The molecule has 1 amide bonds. The van der Waals surface area contributed by atoms with E-state index >= 15 is 0 Å². The molecule has 0 saturated heterocycles. The maximum Gasteiger partial charge on any atom is 0.221 e. The summed E-state index contributed by atoms with van der Waals surface area (Å²) in [4.78, 5) is 12.1. The van der Waals surface area contributed by atoms with E-state index in [-0.39, 0.29) is 29.5 Å². The lowest BCUT2D eigenvalue weighted by Gasteiger charge is -2.06. The summed E-state index contributed by atoms with van der Waals surface area (Å²) in [6.45, 7) is 0.172. The van der Waals surface area contributed by atoms with E-state index in [4.69, 9.17) is 11.6 Å². The van der Waals surface area contributed by atoms with E-state index < -0.39 is 9.84 Å². The number of sulfone groups is 1. The number of fused-ring (bicyclic) bond motifs is 1. The first kappa shape index (κ1) is 17.4. The van der Waals surface area contributed by atoms with Gasteiger partial charge in [0.1, 0.15) is 0 Å². The van der Waals surface area contributed by atoms with Crippen LogP contribution in [0.4, 0.5) is 0 Å². The third kappa shape index (κ3) is 4.15. The number of carbonyl (C=O) groups is 1. The summed E-state index contributed by atoms with van der Waals surface area (Å²) >= 11 is 5.75. The van der Waals surface area contributed by atoms with E-state index in [1.54, 1.807) is 16.7 Å². The Kier molecular flexibility index (Phi) is 5.00. The van der Waals surface area contributed by atoms with Gasteiger partial charge in [-0.05, 0) is 36.4 Å². The number of nitrogens with zero attached hydrogens (tertiary/aromatic N) is 3. The predicted molar refractivity (Wildman–Crippen MR) is 93.0 cm³/mol. The van der Waals surface area contributed by atoms with Gasteiger partial charge >= 0.3 is 0 Å². The summed E-state index contributed by atoms with van der Waals surface area (Å²) in [6.07, 6.45) is 1.66. The summed E-state index contributed by atoms with van der Waals surface area (Å²) in [7, 11) is -3.53. The molecular weight excluding hydrogens is 364 g/mol. The molecule has 130 valence electrons. The number of pyridine rings is 1. The fraction of sp³-hybridized carbons (Fsp3) is 0.188. The van der Waals surface area contributed by atoms with E-state index in [0.717, 1.165) is 0 Å². The lowest BCUT2D eigenvalue weighted by molar-refractivity contribution is -0.120. The molecule has 2 heterocycles. The molecule has 0 atom stereocenters. The fourth-order valence-corrected chi connectivity index (χ4v) is 3.63. The number of hydrogen-bond donors (Lipinski definition) is 1. The van der Waals surface area contributed by atoms with Crippen molar-refractivity contribution in [2.75, 3.05) is 5.75 Å². The minimum absolute atomic E-state index is 0.137. The van der Waals surface area contributed by atoms with Crippen molar-refractivity contribution in [3.8, 4) is 0 Å². The summed E-state index contributed by atoms with van der Waals surface area (Å²) in [5.41, 5.74) is 0.678. The number of nitrogens with one attached hydrogen (secondary N) is 1. The highest BCUT2D eigenvalue weighted by molar-refractivity contribution is 7.91. The quantitative estimate of drug-likeness (QED) is 0.706. The predicted octanol–water partition coefficient (Wildman–Crippen LogP) is 1.86. The molecule has 3 aromatic rings. The highest BCUT2D eigenvalue weighted by Gasteiger charge is 2.16. The Morgan fingerprint density at radius 3 is 2.64 bits per heavy atom. The number of aromatic nitrogens is 3. The first-order valence-corrected chi connectivity index (χ1v) is 9.52. The molecular formula is C16H15ClN4O3S. The lowest BCUT2D eigenvalue weighted by Crippen LogP contribution is -2.26. The van der Waals surface area contributed by atoms with E-state index in [1.807, 2.05) is 12.1 Å². The van der Waals surface area contributed by atoms with Crippen molar-refractivity contribution < 1.29 is 13.2 Å². The van der Waals surface area contributed by atoms with Gasteiger partial charge in [0.05, 0.1) is 17.2 Å². The van der Waals surface area contributed by atoms with Crippen LogP contribution in [0.25, 0.3) is 5.65 Å². The van der Waals surface area contributed by atoms with Gasteiger partial charge < -0.3 is 5.32 Å². The Hall–Kier alpha value is -2.45. The van der Waals surface area contributed by atoms with Crippen LogP contribution in [0.5, 0.6) is 0 Å².